The highest BCUT2D eigenvalue weighted by Gasteiger charge is 2.34. The molecule has 138 valence electrons. The molecule has 3 nitrogen and oxygen atoms in total. The summed E-state index contributed by atoms with van der Waals surface area (Å²) in [5, 5.41) is 10.5. The van der Waals surface area contributed by atoms with Crippen molar-refractivity contribution in [3.8, 4) is 0 Å². The summed E-state index contributed by atoms with van der Waals surface area (Å²) in [6.07, 6.45) is 4.97. The molecule has 0 aromatic heterocycles. The topological polar surface area (TPSA) is 55.5 Å². The molecule has 25 heavy (non-hydrogen) atoms. The summed E-state index contributed by atoms with van der Waals surface area (Å²) in [5.41, 5.74) is 10.1. The van der Waals surface area contributed by atoms with Crippen LogP contribution in [0.2, 0.25) is 0 Å². The molecule has 0 saturated heterocycles. The van der Waals surface area contributed by atoms with E-state index in [9.17, 15) is 5.02 Å². The van der Waals surface area contributed by atoms with Crippen molar-refractivity contribution in [2.45, 2.75) is 65.9 Å². The highest BCUT2D eigenvalue weighted by molar-refractivity contribution is 6.44. The highest BCUT2D eigenvalue weighted by Crippen LogP contribution is 2.34. The maximum absolute atomic E-state index is 10.5. The van der Waals surface area contributed by atoms with Gasteiger partial charge < -0.3 is 15.4 Å². The highest BCUT2D eigenvalue weighted by atomic mass is 16.5. The second kappa shape index (κ2) is 9.02. The number of hydrogen-bond donors (Lipinski definition) is 2. The molecule has 1 aromatic rings. The van der Waals surface area contributed by atoms with E-state index in [0.717, 1.165) is 18.4 Å². The molecule has 0 saturated carbocycles. The maximum Gasteiger partial charge on any atom is 0.472 e. The molecule has 1 aromatic carbocycles. The van der Waals surface area contributed by atoms with Gasteiger partial charge in [0.1, 0.15) is 0 Å². The summed E-state index contributed by atoms with van der Waals surface area (Å²) in [7, 11) is -0.934. The Labute approximate surface area is 153 Å². The van der Waals surface area contributed by atoms with Gasteiger partial charge in [0.25, 0.3) is 0 Å². The molecule has 3 N–H and O–H groups in total. The summed E-state index contributed by atoms with van der Waals surface area (Å²) >= 11 is 0. The molecule has 0 spiro atoms. The van der Waals surface area contributed by atoms with E-state index in [0.29, 0.717) is 24.2 Å². The van der Waals surface area contributed by atoms with Crippen LogP contribution in [0, 0.1) is 17.8 Å². The summed E-state index contributed by atoms with van der Waals surface area (Å²) < 4.78 is 6.03. The Balaban J connectivity index is 1.98. The second-order valence-corrected chi connectivity index (χ2v) is 7.93. The number of aryl methyl sites for hydroxylation is 1. The number of allylic oxidation sites excluding steroid dienone is 1. The Morgan fingerprint density at radius 1 is 1.28 bits per heavy atom. The minimum Gasteiger partial charge on any atom is -0.426 e. The first-order valence-electron chi connectivity index (χ1n) is 9.70. The van der Waals surface area contributed by atoms with E-state index < -0.39 is 13.1 Å². The van der Waals surface area contributed by atoms with Gasteiger partial charge in [-0.3, -0.25) is 0 Å². The SMILES string of the molecule is CCc1cccc(C[C@H](N)B(O)O[C@@H]2CC(C)C=C(C(C)C)[C@H]2C)c1. The minimum atomic E-state index is -0.934. The lowest BCUT2D eigenvalue weighted by atomic mass is 9.72. The van der Waals surface area contributed by atoms with Gasteiger partial charge in [0.2, 0.25) is 0 Å². The van der Waals surface area contributed by atoms with Crippen LogP contribution in [-0.2, 0) is 17.5 Å². The second-order valence-electron chi connectivity index (χ2n) is 7.93. The molecule has 4 heteroatoms. The molecule has 0 radical (unpaired) electrons. The van der Waals surface area contributed by atoms with Crippen LogP contribution in [0.5, 0.6) is 0 Å². The van der Waals surface area contributed by atoms with Gasteiger partial charge >= 0.3 is 7.12 Å². The molecular formula is C21H34BNO2. The van der Waals surface area contributed by atoms with Crippen molar-refractivity contribution in [1.82, 2.24) is 0 Å². The predicted molar refractivity (Wildman–Crippen MR) is 106 cm³/mol. The molecular weight excluding hydrogens is 309 g/mol. The van der Waals surface area contributed by atoms with Crippen LogP contribution in [0.15, 0.2) is 35.9 Å². The quantitative estimate of drug-likeness (QED) is 0.585. The third kappa shape index (κ3) is 5.44. The van der Waals surface area contributed by atoms with Crippen LogP contribution in [-0.4, -0.2) is 24.2 Å². The van der Waals surface area contributed by atoms with Crippen LogP contribution < -0.4 is 5.73 Å². The van der Waals surface area contributed by atoms with Crippen molar-refractivity contribution >= 4 is 7.12 Å². The average Bonchev–Trinajstić information content (AvgIpc) is 2.57. The molecule has 1 unspecified atom stereocenters. The fourth-order valence-corrected chi connectivity index (χ4v) is 3.85. The number of nitrogens with two attached hydrogens (primary N) is 1. The van der Waals surface area contributed by atoms with Crippen LogP contribution in [0.1, 0.15) is 52.2 Å². The third-order valence-corrected chi connectivity index (χ3v) is 5.38. The molecule has 0 aliphatic heterocycles. The Bertz CT molecular complexity index is 587. The average molecular weight is 343 g/mol. The van der Waals surface area contributed by atoms with Crippen LogP contribution in [0.3, 0.4) is 0 Å². The van der Waals surface area contributed by atoms with Crippen molar-refractivity contribution in [3.05, 3.63) is 47.0 Å². The first kappa shape index (κ1) is 20.2. The van der Waals surface area contributed by atoms with Gasteiger partial charge in [0, 0.05) is 18.0 Å². The summed E-state index contributed by atoms with van der Waals surface area (Å²) in [4.78, 5) is 0. The van der Waals surface area contributed by atoms with Gasteiger partial charge in [-0.25, -0.2) is 0 Å². The normalized spacial score (nSPS) is 25.0. The standard InChI is InChI=1S/C21H34BNO2/c1-6-17-8-7-9-18(12-17)13-21(23)22(24)25-20-11-15(4)10-19(14(2)3)16(20)5/h7-10,12,14-16,20-21,24H,6,11,13,23H2,1-5H3/t15?,16-,20-,21+/m1/s1. The molecule has 1 aliphatic carbocycles. The molecule has 0 amide bonds. The van der Waals surface area contributed by atoms with Crippen LogP contribution >= 0.6 is 0 Å². The Morgan fingerprint density at radius 2 is 1.96 bits per heavy atom. The van der Waals surface area contributed by atoms with Crippen LogP contribution in [0.4, 0.5) is 0 Å². The van der Waals surface area contributed by atoms with Gasteiger partial charge in [-0.15, -0.1) is 0 Å². The van der Waals surface area contributed by atoms with Crippen molar-refractivity contribution in [1.29, 1.82) is 0 Å². The molecule has 4 atom stereocenters. The molecule has 1 aliphatic rings. The zero-order valence-corrected chi connectivity index (χ0v) is 16.4. The van der Waals surface area contributed by atoms with E-state index in [1.807, 2.05) is 0 Å². The third-order valence-electron chi connectivity index (χ3n) is 5.38. The van der Waals surface area contributed by atoms with Crippen molar-refractivity contribution in [2.75, 3.05) is 0 Å². The monoisotopic (exact) mass is 343 g/mol. The fraction of sp³-hybridized carbons (Fsp3) is 0.619. The number of rotatable bonds is 7. The Hall–Kier alpha value is -1.10. The molecule has 2 rings (SSSR count). The summed E-state index contributed by atoms with van der Waals surface area (Å²) in [6, 6.07) is 8.40. The lowest BCUT2D eigenvalue weighted by Gasteiger charge is -2.36. The summed E-state index contributed by atoms with van der Waals surface area (Å²) in [5.74, 6) is 0.888. The van der Waals surface area contributed by atoms with E-state index in [-0.39, 0.29) is 6.10 Å². The first-order chi connectivity index (χ1) is 11.8. The zero-order valence-electron chi connectivity index (χ0n) is 16.4. The van der Waals surface area contributed by atoms with E-state index in [1.165, 1.54) is 11.1 Å². The Morgan fingerprint density at radius 3 is 2.60 bits per heavy atom. The zero-order chi connectivity index (χ0) is 18.6. The van der Waals surface area contributed by atoms with E-state index >= 15 is 0 Å². The van der Waals surface area contributed by atoms with E-state index in [4.69, 9.17) is 10.4 Å². The Kier molecular flexibility index (Phi) is 7.30. The van der Waals surface area contributed by atoms with Gasteiger partial charge in [-0.2, -0.15) is 0 Å². The molecule has 0 bridgehead atoms. The van der Waals surface area contributed by atoms with Crippen molar-refractivity contribution in [3.63, 3.8) is 0 Å². The molecule has 0 heterocycles. The number of hydrogen-bond acceptors (Lipinski definition) is 3. The minimum absolute atomic E-state index is 0.0282. The fourth-order valence-electron chi connectivity index (χ4n) is 3.85. The van der Waals surface area contributed by atoms with Crippen molar-refractivity contribution in [2.24, 2.45) is 23.5 Å². The lowest BCUT2D eigenvalue weighted by molar-refractivity contribution is 0.0959. The van der Waals surface area contributed by atoms with Gasteiger partial charge in [0.15, 0.2) is 0 Å². The van der Waals surface area contributed by atoms with Gasteiger partial charge in [0.05, 0.1) is 0 Å². The lowest BCUT2D eigenvalue weighted by Crippen LogP contribution is -2.47. The maximum atomic E-state index is 10.5. The van der Waals surface area contributed by atoms with Crippen LogP contribution in [0.25, 0.3) is 0 Å². The summed E-state index contributed by atoms with van der Waals surface area (Å²) in [6.45, 7) is 11.0. The predicted octanol–water partition coefficient (Wildman–Crippen LogP) is 3.78. The van der Waals surface area contributed by atoms with Crippen molar-refractivity contribution < 1.29 is 9.68 Å². The molecule has 0 fully saturated rings. The largest absolute Gasteiger partial charge is 0.472 e. The van der Waals surface area contributed by atoms with Gasteiger partial charge in [-0.1, -0.05) is 70.5 Å². The van der Waals surface area contributed by atoms with Gasteiger partial charge in [-0.05, 0) is 42.2 Å². The van der Waals surface area contributed by atoms with E-state index in [1.54, 1.807) is 0 Å². The smallest absolute Gasteiger partial charge is 0.426 e. The number of benzene rings is 1. The first-order valence-corrected chi connectivity index (χ1v) is 9.70. The van der Waals surface area contributed by atoms with E-state index in [2.05, 4.69) is 65.0 Å².